The van der Waals surface area contributed by atoms with Gasteiger partial charge in [0.25, 0.3) is 5.91 Å². The molecule has 6 nitrogen and oxygen atoms in total. The highest BCUT2D eigenvalue weighted by Crippen LogP contribution is 2.25. The number of methoxy groups -OCH3 is 1. The van der Waals surface area contributed by atoms with Crippen LogP contribution in [0.5, 0.6) is 5.75 Å². The average Bonchev–Trinajstić information content (AvgIpc) is 3.10. The summed E-state index contributed by atoms with van der Waals surface area (Å²) in [5, 5.41) is 1.48. The summed E-state index contributed by atoms with van der Waals surface area (Å²) in [4.78, 5) is 19.9. The van der Waals surface area contributed by atoms with Gasteiger partial charge in [-0.05, 0) is 48.0 Å². The Labute approximate surface area is 182 Å². The number of aliphatic imine (C=N–C) groups is 1. The van der Waals surface area contributed by atoms with Gasteiger partial charge in [0.05, 0.1) is 12.8 Å². The molecule has 1 N–H and O–H groups in total. The molecule has 3 aromatic rings. The second-order valence-electron chi connectivity index (χ2n) is 7.30. The maximum atomic E-state index is 13.2. The zero-order valence-electron chi connectivity index (χ0n) is 17.7. The van der Waals surface area contributed by atoms with Gasteiger partial charge < -0.3 is 9.64 Å². The van der Waals surface area contributed by atoms with E-state index in [1.807, 2.05) is 97.9 Å². The Morgan fingerprint density at radius 2 is 1.61 bits per heavy atom. The average molecular weight is 412 g/mol. The molecule has 156 valence electrons. The van der Waals surface area contributed by atoms with Crippen LogP contribution in [-0.2, 0) is 4.79 Å². The molecule has 0 radical (unpaired) electrons. The molecule has 0 aliphatic carbocycles. The van der Waals surface area contributed by atoms with Crippen LogP contribution in [0.4, 0.5) is 11.4 Å². The van der Waals surface area contributed by atoms with Gasteiger partial charge in [-0.15, -0.1) is 0 Å². The van der Waals surface area contributed by atoms with Gasteiger partial charge in [0.15, 0.2) is 5.84 Å². The molecule has 0 unspecified atom stereocenters. The van der Waals surface area contributed by atoms with Crippen LogP contribution >= 0.6 is 0 Å². The van der Waals surface area contributed by atoms with E-state index in [0.29, 0.717) is 11.5 Å². The van der Waals surface area contributed by atoms with Crippen molar-refractivity contribution in [3.63, 3.8) is 0 Å². The second kappa shape index (κ2) is 8.75. The molecule has 4 rings (SSSR count). The molecule has 0 spiro atoms. The zero-order chi connectivity index (χ0) is 21.8. The van der Waals surface area contributed by atoms with Gasteiger partial charge in [0.2, 0.25) is 0 Å². The number of amidine groups is 1. The van der Waals surface area contributed by atoms with E-state index in [1.165, 1.54) is 5.01 Å². The van der Waals surface area contributed by atoms with Crippen LogP contribution in [0.15, 0.2) is 89.6 Å². The lowest BCUT2D eigenvalue weighted by Gasteiger charge is -2.20. The van der Waals surface area contributed by atoms with Crippen LogP contribution < -0.4 is 15.1 Å². The molecule has 1 heterocycles. The summed E-state index contributed by atoms with van der Waals surface area (Å²) >= 11 is 0. The third-order valence-corrected chi connectivity index (χ3v) is 4.94. The fraction of sp³-hybridized carbons (Fsp3) is 0.120. The van der Waals surface area contributed by atoms with Gasteiger partial charge in [0.1, 0.15) is 11.4 Å². The van der Waals surface area contributed by atoms with E-state index < -0.39 is 0 Å². The molecule has 3 aromatic carbocycles. The van der Waals surface area contributed by atoms with E-state index in [2.05, 4.69) is 10.4 Å². The molecular formula is C25H24N4O2. The summed E-state index contributed by atoms with van der Waals surface area (Å²) in [6.07, 6.45) is 1.81. The molecule has 31 heavy (non-hydrogen) atoms. The zero-order valence-corrected chi connectivity index (χ0v) is 17.7. The van der Waals surface area contributed by atoms with Crippen molar-refractivity contribution in [2.75, 3.05) is 31.5 Å². The minimum Gasteiger partial charge on any atom is -0.497 e. The lowest BCUT2D eigenvalue weighted by molar-refractivity contribution is -0.121. The molecule has 0 saturated heterocycles. The van der Waals surface area contributed by atoms with Crippen molar-refractivity contribution in [1.29, 1.82) is 0 Å². The summed E-state index contributed by atoms with van der Waals surface area (Å²) in [7, 11) is 5.61. The van der Waals surface area contributed by atoms with Gasteiger partial charge in [-0.2, -0.15) is 5.01 Å². The maximum absolute atomic E-state index is 13.2. The van der Waals surface area contributed by atoms with E-state index in [0.717, 1.165) is 28.3 Å². The van der Waals surface area contributed by atoms with Crippen LogP contribution in [0.3, 0.4) is 0 Å². The minimum atomic E-state index is -0.216. The lowest BCUT2D eigenvalue weighted by atomic mass is 10.1. The number of nitrogens with zero attached hydrogens (tertiary/aromatic N) is 3. The van der Waals surface area contributed by atoms with Gasteiger partial charge in [0, 0.05) is 25.3 Å². The van der Waals surface area contributed by atoms with E-state index in [1.54, 1.807) is 13.2 Å². The molecule has 0 atom stereocenters. The summed E-state index contributed by atoms with van der Waals surface area (Å²) in [5.74, 6) is 1.08. The van der Waals surface area contributed by atoms with Gasteiger partial charge in [-0.25, -0.2) is 4.99 Å². The van der Waals surface area contributed by atoms with Crippen LogP contribution in [0.1, 0.15) is 11.1 Å². The first-order valence-corrected chi connectivity index (χ1v) is 9.93. The molecule has 1 aliphatic rings. The number of hydrazine groups is 1. The van der Waals surface area contributed by atoms with E-state index in [4.69, 9.17) is 4.74 Å². The summed E-state index contributed by atoms with van der Waals surface area (Å²) in [5.41, 5.74) is 7.17. The number of amides is 1. The number of hydrogen-bond acceptors (Lipinski definition) is 5. The van der Waals surface area contributed by atoms with E-state index in [-0.39, 0.29) is 5.91 Å². The Morgan fingerprint density at radius 1 is 0.935 bits per heavy atom. The fourth-order valence-corrected chi connectivity index (χ4v) is 3.22. The largest absolute Gasteiger partial charge is 0.497 e. The first-order chi connectivity index (χ1) is 15.0. The minimum absolute atomic E-state index is 0.216. The second-order valence-corrected chi connectivity index (χ2v) is 7.30. The molecule has 0 bridgehead atoms. The molecule has 1 aliphatic heterocycles. The fourth-order valence-electron chi connectivity index (χ4n) is 3.22. The number of rotatable bonds is 6. The van der Waals surface area contributed by atoms with Gasteiger partial charge in [-0.1, -0.05) is 42.5 Å². The number of anilines is 2. The quantitative estimate of drug-likeness (QED) is 0.609. The Bertz CT molecular complexity index is 1120. The van der Waals surface area contributed by atoms with Crippen molar-refractivity contribution in [1.82, 2.24) is 5.01 Å². The molecule has 0 aromatic heterocycles. The number of benzene rings is 3. The highest BCUT2D eigenvalue weighted by Gasteiger charge is 2.31. The highest BCUT2D eigenvalue weighted by molar-refractivity contribution is 6.20. The molecular weight excluding hydrogens is 388 g/mol. The topological polar surface area (TPSA) is 57.2 Å². The van der Waals surface area contributed by atoms with Crippen molar-refractivity contribution in [3.8, 4) is 5.75 Å². The number of hydrogen-bond donors (Lipinski definition) is 1. The number of ether oxygens (including phenoxy) is 1. The smallest absolute Gasteiger partial charge is 0.297 e. The summed E-state index contributed by atoms with van der Waals surface area (Å²) < 4.78 is 5.21. The molecule has 6 heteroatoms. The number of carbonyl (C=O) groups is 1. The predicted molar refractivity (Wildman–Crippen MR) is 125 cm³/mol. The predicted octanol–water partition coefficient (Wildman–Crippen LogP) is 4.42. The Balaban J connectivity index is 1.67. The Morgan fingerprint density at radius 3 is 2.23 bits per heavy atom. The Kier molecular flexibility index (Phi) is 5.71. The van der Waals surface area contributed by atoms with E-state index >= 15 is 0 Å². The van der Waals surface area contributed by atoms with Crippen molar-refractivity contribution in [3.05, 3.63) is 95.7 Å². The summed E-state index contributed by atoms with van der Waals surface area (Å²) in [6, 6.07) is 25.0. The van der Waals surface area contributed by atoms with Crippen LogP contribution in [0.25, 0.3) is 6.08 Å². The van der Waals surface area contributed by atoms with Crippen molar-refractivity contribution in [2.45, 2.75) is 0 Å². The molecule has 1 amide bonds. The maximum Gasteiger partial charge on any atom is 0.297 e. The lowest BCUT2D eigenvalue weighted by Crippen LogP contribution is -2.37. The third-order valence-electron chi connectivity index (χ3n) is 4.94. The van der Waals surface area contributed by atoms with Crippen molar-refractivity contribution in [2.24, 2.45) is 4.99 Å². The first-order valence-electron chi connectivity index (χ1n) is 9.93. The Hall–Kier alpha value is -4.06. The highest BCUT2D eigenvalue weighted by atomic mass is 16.5. The number of carbonyl (C=O) groups excluding carboxylic acids is 1. The van der Waals surface area contributed by atoms with Crippen LogP contribution in [0, 0.1) is 0 Å². The standard InChI is InChI=1S/C25H24N4O2/c1-28(2)21-13-9-18(10-14-21)17-23-25(30)29(24(26-23)19-7-5-4-6-8-19)27-20-11-15-22(31-3)16-12-20/h4-17,27H,1-3H3/b23-17-. The normalized spacial score (nSPS) is 14.5. The number of nitrogens with one attached hydrogen (secondary N) is 1. The van der Waals surface area contributed by atoms with Gasteiger partial charge in [-0.3, -0.25) is 10.2 Å². The third kappa shape index (κ3) is 4.43. The van der Waals surface area contributed by atoms with E-state index in [9.17, 15) is 4.79 Å². The monoisotopic (exact) mass is 412 g/mol. The van der Waals surface area contributed by atoms with Gasteiger partial charge >= 0.3 is 0 Å². The van der Waals surface area contributed by atoms with Crippen molar-refractivity contribution >= 4 is 29.2 Å². The first kappa shape index (κ1) is 20.2. The molecule has 0 fully saturated rings. The molecule has 0 saturated carbocycles. The summed E-state index contributed by atoms with van der Waals surface area (Å²) in [6.45, 7) is 0. The van der Waals surface area contributed by atoms with Crippen molar-refractivity contribution < 1.29 is 9.53 Å². The SMILES string of the molecule is COc1ccc(NN2C(=O)/C(=C/c3ccc(N(C)C)cc3)N=C2c2ccccc2)cc1. The van der Waals surface area contributed by atoms with Crippen LogP contribution in [0.2, 0.25) is 0 Å². The van der Waals surface area contributed by atoms with Crippen LogP contribution in [-0.4, -0.2) is 38.0 Å².